The van der Waals surface area contributed by atoms with E-state index in [0.29, 0.717) is 6.61 Å². The second-order valence-electron chi connectivity index (χ2n) is 3.18. The third-order valence-corrected chi connectivity index (χ3v) is 2.58. The van der Waals surface area contributed by atoms with Crippen molar-refractivity contribution >= 4 is 23.2 Å². The second kappa shape index (κ2) is 5.33. The van der Waals surface area contributed by atoms with Crippen molar-refractivity contribution in [3.8, 4) is 5.75 Å². The molecule has 0 saturated carbocycles. The minimum atomic E-state index is -4.79. The average Bonchev–Trinajstić information content (AvgIpc) is 2.21. The largest absolute Gasteiger partial charge is 0.492 e. The maximum Gasteiger partial charge on any atom is 0.418 e. The summed E-state index contributed by atoms with van der Waals surface area (Å²) in [5.74, 6) is 0.178. The van der Waals surface area contributed by atoms with E-state index in [-0.39, 0.29) is 15.8 Å². The molecule has 1 unspecified atom stereocenters. The smallest absolute Gasteiger partial charge is 0.418 e. The molecule has 0 heterocycles. The molecule has 1 atom stereocenters. The molecule has 0 aliphatic heterocycles. The van der Waals surface area contributed by atoms with Crippen molar-refractivity contribution in [2.24, 2.45) is 0 Å². The Morgan fingerprint density at radius 2 is 1.88 bits per heavy atom. The van der Waals surface area contributed by atoms with E-state index < -0.39 is 17.8 Å². The van der Waals surface area contributed by atoms with Crippen LogP contribution in [0.15, 0.2) is 12.1 Å². The molecule has 2 nitrogen and oxygen atoms in total. The highest BCUT2D eigenvalue weighted by atomic mass is 35.5. The van der Waals surface area contributed by atoms with Crippen LogP contribution in [0, 0.1) is 0 Å². The van der Waals surface area contributed by atoms with E-state index in [0.717, 1.165) is 12.1 Å². The molecule has 0 amide bonds. The number of hydrogen-bond donors (Lipinski definition) is 1. The topological polar surface area (TPSA) is 29.5 Å². The molecule has 1 N–H and O–H groups in total. The van der Waals surface area contributed by atoms with Crippen LogP contribution in [0.1, 0.15) is 18.6 Å². The number of benzene rings is 1. The molecule has 1 aromatic carbocycles. The van der Waals surface area contributed by atoms with Crippen LogP contribution in [0.3, 0.4) is 0 Å². The van der Waals surface area contributed by atoms with Gasteiger partial charge in [-0.05, 0) is 13.0 Å². The molecular weight excluding hydrogens is 280 g/mol. The van der Waals surface area contributed by atoms with Gasteiger partial charge >= 0.3 is 6.18 Å². The van der Waals surface area contributed by atoms with Gasteiger partial charge in [0.25, 0.3) is 0 Å². The zero-order chi connectivity index (χ0) is 13.2. The summed E-state index contributed by atoms with van der Waals surface area (Å²) in [6.45, 7) is 2.00. The summed E-state index contributed by atoms with van der Waals surface area (Å²) in [5, 5.41) is 8.79. The van der Waals surface area contributed by atoms with E-state index in [2.05, 4.69) is 0 Å². The number of hydrogen-bond acceptors (Lipinski definition) is 2. The summed E-state index contributed by atoms with van der Waals surface area (Å²) < 4.78 is 42.0. The summed E-state index contributed by atoms with van der Waals surface area (Å²) in [5.41, 5.74) is -0.493. The van der Waals surface area contributed by atoms with Gasteiger partial charge in [-0.3, -0.25) is 0 Å². The fourth-order valence-electron chi connectivity index (χ4n) is 1.20. The minimum absolute atomic E-state index is 0.0328. The van der Waals surface area contributed by atoms with Crippen LogP contribution in [0.5, 0.6) is 5.75 Å². The van der Waals surface area contributed by atoms with Gasteiger partial charge in [0, 0.05) is 11.6 Å². The lowest BCUT2D eigenvalue weighted by Crippen LogP contribution is -2.20. The quantitative estimate of drug-likeness (QED) is 0.911. The zero-order valence-corrected chi connectivity index (χ0v) is 10.2. The molecule has 0 saturated heterocycles. The molecule has 0 aliphatic rings. The van der Waals surface area contributed by atoms with Crippen LogP contribution < -0.4 is 4.74 Å². The van der Waals surface area contributed by atoms with Crippen LogP contribution in [0.25, 0.3) is 0 Å². The lowest BCUT2D eigenvalue weighted by Gasteiger charge is -2.17. The maximum atomic E-state index is 12.3. The monoisotopic (exact) mass is 288 g/mol. The molecule has 7 heteroatoms. The summed E-state index contributed by atoms with van der Waals surface area (Å²) >= 11 is 11.4. The van der Waals surface area contributed by atoms with Gasteiger partial charge in [0.15, 0.2) is 6.10 Å². The molecule has 0 radical (unpaired) electrons. The van der Waals surface area contributed by atoms with Gasteiger partial charge < -0.3 is 9.84 Å². The number of halogens is 5. The number of aliphatic hydroxyl groups is 1. The summed E-state index contributed by atoms with van der Waals surface area (Å²) in [7, 11) is 0. The Bertz CT molecular complexity index is 407. The zero-order valence-electron chi connectivity index (χ0n) is 8.68. The van der Waals surface area contributed by atoms with Gasteiger partial charge in [-0.1, -0.05) is 23.2 Å². The molecule has 0 bridgehead atoms. The highest BCUT2D eigenvalue weighted by Gasteiger charge is 2.40. The molecule has 0 spiro atoms. The Kier molecular flexibility index (Phi) is 4.52. The molecule has 96 valence electrons. The van der Waals surface area contributed by atoms with Crippen molar-refractivity contribution in [1.29, 1.82) is 0 Å². The molecule has 0 fully saturated rings. The number of aliphatic hydroxyl groups excluding tert-OH is 1. The van der Waals surface area contributed by atoms with Gasteiger partial charge in [-0.25, -0.2) is 0 Å². The van der Waals surface area contributed by atoms with Crippen molar-refractivity contribution in [2.75, 3.05) is 6.61 Å². The Morgan fingerprint density at radius 3 is 2.35 bits per heavy atom. The first-order valence-electron chi connectivity index (χ1n) is 4.64. The van der Waals surface area contributed by atoms with Gasteiger partial charge in [-0.15, -0.1) is 0 Å². The molecule has 0 aromatic heterocycles. The second-order valence-corrected chi connectivity index (χ2v) is 4.00. The predicted molar refractivity (Wildman–Crippen MR) is 58.6 cm³/mol. The van der Waals surface area contributed by atoms with Gasteiger partial charge in [0.05, 0.1) is 16.7 Å². The van der Waals surface area contributed by atoms with Gasteiger partial charge in [-0.2, -0.15) is 13.2 Å². The normalized spacial score (nSPS) is 13.6. The lowest BCUT2D eigenvalue weighted by molar-refractivity contribution is -0.206. The van der Waals surface area contributed by atoms with E-state index in [4.69, 9.17) is 33.0 Å². The Balaban J connectivity index is 3.15. The lowest BCUT2D eigenvalue weighted by atomic mass is 10.1. The first-order chi connectivity index (χ1) is 7.77. The Morgan fingerprint density at radius 1 is 1.29 bits per heavy atom. The van der Waals surface area contributed by atoms with E-state index in [1.807, 2.05) is 0 Å². The first-order valence-corrected chi connectivity index (χ1v) is 5.39. The van der Waals surface area contributed by atoms with Crippen molar-refractivity contribution in [2.45, 2.75) is 19.2 Å². The number of ether oxygens (including phenoxy) is 1. The average molecular weight is 289 g/mol. The Hall–Kier alpha value is -0.650. The van der Waals surface area contributed by atoms with Crippen molar-refractivity contribution in [3.63, 3.8) is 0 Å². The van der Waals surface area contributed by atoms with E-state index in [1.165, 1.54) is 0 Å². The number of alkyl halides is 3. The maximum absolute atomic E-state index is 12.3. The minimum Gasteiger partial charge on any atom is -0.492 e. The standard InChI is InChI=1S/C10H9Cl2F3O2/c1-2-17-8-4-6(11)5(3-7(8)12)9(16)10(13,14)15/h3-4,9,16H,2H2,1H3. The first kappa shape index (κ1) is 14.4. The molecule has 1 rings (SSSR count). The van der Waals surface area contributed by atoms with Crippen LogP contribution >= 0.6 is 23.2 Å². The highest BCUT2D eigenvalue weighted by Crippen LogP contribution is 2.40. The van der Waals surface area contributed by atoms with Crippen molar-refractivity contribution in [3.05, 3.63) is 27.7 Å². The van der Waals surface area contributed by atoms with Crippen LogP contribution in [0.4, 0.5) is 13.2 Å². The van der Waals surface area contributed by atoms with E-state index in [9.17, 15) is 13.2 Å². The molecule has 0 aliphatic carbocycles. The van der Waals surface area contributed by atoms with E-state index in [1.54, 1.807) is 6.92 Å². The predicted octanol–water partition coefficient (Wildman–Crippen LogP) is 3.99. The van der Waals surface area contributed by atoms with Crippen LogP contribution in [-0.2, 0) is 0 Å². The van der Waals surface area contributed by atoms with Crippen LogP contribution in [-0.4, -0.2) is 17.9 Å². The number of rotatable bonds is 3. The van der Waals surface area contributed by atoms with Crippen LogP contribution in [0.2, 0.25) is 10.0 Å². The highest BCUT2D eigenvalue weighted by molar-refractivity contribution is 6.34. The summed E-state index contributed by atoms with van der Waals surface area (Å²) in [6, 6.07) is 2.10. The Labute approximate surface area is 106 Å². The van der Waals surface area contributed by atoms with Crippen molar-refractivity contribution in [1.82, 2.24) is 0 Å². The van der Waals surface area contributed by atoms with Gasteiger partial charge in [0.2, 0.25) is 0 Å². The van der Waals surface area contributed by atoms with E-state index >= 15 is 0 Å². The summed E-state index contributed by atoms with van der Waals surface area (Å²) in [4.78, 5) is 0. The van der Waals surface area contributed by atoms with Crippen molar-refractivity contribution < 1.29 is 23.0 Å². The third kappa shape index (κ3) is 3.40. The summed E-state index contributed by atoms with van der Waals surface area (Å²) in [6.07, 6.45) is -7.46. The molecular formula is C10H9Cl2F3O2. The SMILES string of the molecule is CCOc1cc(Cl)c(C(O)C(F)(F)F)cc1Cl. The fraction of sp³-hybridized carbons (Fsp3) is 0.400. The molecule has 1 aromatic rings. The van der Waals surface area contributed by atoms with Gasteiger partial charge in [0.1, 0.15) is 5.75 Å². The molecule has 17 heavy (non-hydrogen) atoms. The third-order valence-electron chi connectivity index (χ3n) is 1.96. The fourth-order valence-corrected chi connectivity index (χ4v) is 1.68.